The summed E-state index contributed by atoms with van der Waals surface area (Å²) < 4.78 is 40.1. The van der Waals surface area contributed by atoms with Crippen molar-refractivity contribution in [2.75, 3.05) is 27.2 Å². The summed E-state index contributed by atoms with van der Waals surface area (Å²) in [5.41, 5.74) is -2.39. The van der Waals surface area contributed by atoms with Crippen LogP contribution in [0.4, 0.5) is 23.7 Å². The lowest BCUT2D eigenvalue weighted by Gasteiger charge is -2.32. The van der Waals surface area contributed by atoms with E-state index in [0.717, 1.165) is 7.11 Å². The Morgan fingerprint density at radius 2 is 1.96 bits per heavy atom. The molecule has 3 amide bonds. The second-order valence-corrected chi connectivity index (χ2v) is 5.45. The molecule has 0 saturated carbocycles. The third kappa shape index (κ3) is 3.46. The van der Waals surface area contributed by atoms with Gasteiger partial charge in [-0.25, -0.2) is 9.63 Å². The predicted octanol–water partition coefficient (Wildman–Crippen LogP) is 0.771. The van der Waals surface area contributed by atoms with E-state index in [4.69, 9.17) is 0 Å². The summed E-state index contributed by atoms with van der Waals surface area (Å²) in [6.45, 7) is 0.306. The number of aromatic hydroxyl groups is 2. The second-order valence-electron chi connectivity index (χ2n) is 5.45. The number of amides is 3. The number of nitrogens with zero attached hydrogens (tertiary/aromatic N) is 2. The van der Waals surface area contributed by atoms with Crippen LogP contribution in [0.2, 0.25) is 0 Å². The molecule has 138 valence electrons. The maximum absolute atomic E-state index is 13.4. The minimum atomic E-state index is -5.00. The van der Waals surface area contributed by atoms with Gasteiger partial charge in [-0.1, -0.05) is 0 Å². The predicted molar refractivity (Wildman–Crippen MR) is 77.0 cm³/mol. The van der Waals surface area contributed by atoms with E-state index in [0.29, 0.717) is 23.3 Å². The van der Waals surface area contributed by atoms with Gasteiger partial charge in [0.2, 0.25) is 11.4 Å². The molecular weight excluding hydrogens is 347 g/mol. The molecule has 0 spiro atoms. The van der Waals surface area contributed by atoms with Gasteiger partial charge in [0.1, 0.15) is 5.56 Å². The first-order valence-electron chi connectivity index (χ1n) is 7.18. The van der Waals surface area contributed by atoms with Crippen molar-refractivity contribution in [1.29, 1.82) is 0 Å². The van der Waals surface area contributed by atoms with Gasteiger partial charge in [-0.15, -0.1) is 0 Å². The highest BCUT2D eigenvalue weighted by molar-refractivity contribution is 6.08. The van der Waals surface area contributed by atoms with Crippen molar-refractivity contribution in [1.82, 2.24) is 9.80 Å². The SMILES string of the molecule is CO[NH2+]c1c(O)c(O)cc(C(F)(F)F)c1C(=O)N1CCCN(C)C1=O. The number of hydrogen-bond donors (Lipinski definition) is 3. The van der Waals surface area contributed by atoms with Crippen molar-refractivity contribution >= 4 is 17.6 Å². The number of benzene rings is 1. The van der Waals surface area contributed by atoms with Crippen LogP contribution in [0, 0.1) is 0 Å². The van der Waals surface area contributed by atoms with Gasteiger partial charge >= 0.3 is 12.2 Å². The molecule has 1 saturated heterocycles. The minimum absolute atomic E-state index is 0.0621. The van der Waals surface area contributed by atoms with Crippen molar-refractivity contribution in [2.24, 2.45) is 0 Å². The number of carbonyl (C=O) groups is 2. The molecule has 25 heavy (non-hydrogen) atoms. The molecule has 4 N–H and O–H groups in total. The fraction of sp³-hybridized carbons (Fsp3) is 0.429. The lowest BCUT2D eigenvalue weighted by atomic mass is 10.0. The molecule has 0 unspecified atom stereocenters. The molecule has 11 heteroatoms. The lowest BCUT2D eigenvalue weighted by molar-refractivity contribution is -0.830. The number of phenolic OH excluding ortho intramolecular Hbond substituents is 2. The number of halogens is 3. The molecule has 1 aliphatic heterocycles. The quantitative estimate of drug-likeness (QED) is 0.417. The van der Waals surface area contributed by atoms with Crippen LogP contribution in [0.1, 0.15) is 22.3 Å². The zero-order valence-corrected chi connectivity index (χ0v) is 13.4. The summed E-state index contributed by atoms with van der Waals surface area (Å²) in [5.74, 6) is -3.24. The summed E-state index contributed by atoms with van der Waals surface area (Å²) >= 11 is 0. The van der Waals surface area contributed by atoms with Crippen molar-refractivity contribution in [3.8, 4) is 11.5 Å². The first-order chi connectivity index (χ1) is 11.6. The van der Waals surface area contributed by atoms with Crippen molar-refractivity contribution in [3.05, 3.63) is 17.2 Å². The van der Waals surface area contributed by atoms with E-state index in [2.05, 4.69) is 4.84 Å². The van der Waals surface area contributed by atoms with E-state index in [1.807, 2.05) is 0 Å². The first-order valence-corrected chi connectivity index (χ1v) is 7.18. The zero-order chi connectivity index (χ0) is 18.9. The number of nitrogens with two attached hydrogens (primary N) is 1. The highest BCUT2D eigenvalue weighted by atomic mass is 19.4. The standard InChI is InChI=1S/C14H16F3N3O5/c1-19-4-3-5-20(13(19)24)12(23)9-7(14(15,16)17)6-8(21)11(22)10(9)18-25-2/h6,18,21-22H,3-5H2,1-2H3/p+1. The molecule has 1 aromatic carbocycles. The van der Waals surface area contributed by atoms with E-state index in [1.54, 1.807) is 0 Å². The normalized spacial score (nSPS) is 15.6. The average Bonchev–Trinajstić information content (AvgIpc) is 2.53. The number of quaternary nitrogens is 1. The van der Waals surface area contributed by atoms with Crippen LogP contribution in [0.15, 0.2) is 6.07 Å². The number of imide groups is 1. The summed E-state index contributed by atoms with van der Waals surface area (Å²) in [7, 11) is 2.52. The Balaban J connectivity index is 2.66. The van der Waals surface area contributed by atoms with Crippen molar-refractivity contribution in [2.45, 2.75) is 12.6 Å². The summed E-state index contributed by atoms with van der Waals surface area (Å²) in [6.07, 6.45) is -4.61. The molecular formula is C14H17F3N3O5+. The molecule has 1 aromatic rings. The van der Waals surface area contributed by atoms with Crippen LogP contribution >= 0.6 is 0 Å². The van der Waals surface area contributed by atoms with E-state index < -0.39 is 46.4 Å². The van der Waals surface area contributed by atoms with Crippen LogP contribution in [0.3, 0.4) is 0 Å². The smallest absolute Gasteiger partial charge is 0.417 e. The van der Waals surface area contributed by atoms with Crippen LogP contribution in [-0.2, 0) is 11.0 Å². The second kappa shape index (κ2) is 6.76. The Morgan fingerprint density at radius 1 is 1.32 bits per heavy atom. The Bertz CT molecular complexity index is 708. The van der Waals surface area contributed by atoms with E-state index in [9.17, 15) is 33.0 Å². The van der Waals surface area contributed by atoms with Gasteiger partial charge in [0, 0.05) is 20.1 Å². The number of rotatable bonds is 3. The van der Waals surface area contributed by atoms with Gasteiger partial charge in [0.05, 0.1) is 12.7 Å². The van der Waals surface area contributed by atoms with Gasteiger partial charge in [0.25, 0.3) is 5.91 Å². The average molecular weight is 364 g/mol. The Labute approximate surface area is 140 Å². The third-order valence-corrected chi connectivity index (χ3v) is 3.75. The number of urea groups is 1. The summed E-state index contributed by atoms with van der Waals surface area (Å²) in [6, 6.07) is -0.506. The molecule has 1 fully saturated rings. The van der Waals surface area contributed by atoms with E-state index in [-0.39, 0.29) is 12.6 Å². The maximum Gasteiger partial charge on any atom is 0.417 e. The zero-order valence-electron chi connectivity index (χ0n) is 13.4. The van der Waals surface area contributed by atoms with Crippen LogP contribution in [0.5, 0.6) is 11.5 Å². The first kappa shape index (κ1) is 18.8. The number of phenols is 2. The van der Waals surface area contributed by atoms with Gasteiger partial charge in [-0.2, -0.15) is 18.7 Å². The highest BCUT2D eigenvalue weighted by Gasteiger charge is 2.43. The Hall–Kier alpha value is -2.53. The number of hydrogen-bond acceptors (Lipinski definition) is 5. The third-order valence-electron chi connectivity index (χ3n) is 3.75. The van der Waals surface area contributed by atoms with Crippen molar-refractivity contribution < 1.29 is 43.3 Å². The lowest BCUT2D eigenvalue weighted by Crippen LogP contribution is -2.76. The van der Waals surface area contributed by atoms with Gasteiger partial charge in [-0.05, 0) is 12.5 Å². The summed E-state index contributed by atoms with van der Waals surface area (Å²) in [4.78, 5) is 31.3. The number of alkyl halides is 3. The minimum Gasteiger partial charge on any atom is -0.504 e. The molecule has 0 radical (unpaired) electrons. The summed E-state index contributed by atoms with van der Waals surface area (Å²) in [5, 5.41) is 19.4. The van der Waals surface area contributed by atoms with Gasteiger partial charge in [0.15, 0.2) is 5.75 Å². The maximum atomic E-state index is 13.4. The topological polar surface area (TPSA) is 107 Å². The molecule has 1 aliphatic rings. The van der Waals surface area contributed by atoms with Crippen molar-refractivity contribution in [3.63, 3.8) is 0 Å². The Kier molecular flexibility index (Phi) is 5.09. The largest absolute Gasteiger partial charge is 0.504 e. The molecule has 0 bridgehead atoms. The van der Waals surface area contributed by atoms with E-state index >= 15 is 0 Å². The molecule has 1 heterocycles. The molecule has 0 aliphatic carbocycles. The fourth-order valence-electron chi connectivity index (χ4n) is 2.55. The van der Waals surface area contributed by atoms with Gasteiger partial charge in [-0.3, -0.25) is 9.69 Å². The van der Waals surface area contributed by atoms with E-state index in [1.165, 1.54) is 11.9 Å². The Morgan fingerprint density at radius 3 is 2.52 bits per heavy atom. The monoisotopic (exact) mass is 364 g/mol. The van der Waals surface area contributed by atoms with Crippen LogP contribution in [-0.4, -0.2) is 59.2 Å². The molecule has 0 atom stereocenters. The van der Waals surface area contributed by atoms with Crippen LogP contribution in [0.25, 0.3) is 0 Å². The molecule has 8 nitrogen and oxygen atoms in total. The molecule has 0 aromatic heterocycles. The van der Waals surface area contributed by atoms with Crippen LogP contribution < -0.4 is 5.48 Å². The number of carbonyl (C=O) groups excluding carboxylic acids is 2. The fourth-order valence-corrected chi connectivity index (χ4v) is 2.55. The van der Waals surface area contributed by atoms with Gasteiger partial charge < -0.3 is 15.1 Å². The highest BCUT2D eigenvalue weighted by Crippen LogP contribution is 2.43. The molecule has 2 rings (SSSR count).